The molecule has 0 unspecified atom stereocenters. The first-order chi connectivity index (χ1) is 10.8. The van der Waals surface area contributed by atoms with Crippen LogP contribution in [0.5, 0.6) is 0 Å². The number of carbonyl (C=O) groups excluding carboxylic acids is 1. The summed E-state index contributed by atoms with van der Waals surface area (Å²) in [5, 5.41) is 0. The van der Waals surface area contributed by atoms with Crippen LogP contribution in [0.15, 0.2) is 18.2 Å². The summed E-state index contributed by atoms with van der Waals surface area (Å²) in [5.74, 6) is -3.78. The molecule has 0 aliphatic carbocycles. The number of halogens is 2. The summed E-state index contributed by atoms with van der Waals surface area (Å²) in [7, 11) is -2.59. The molecule has 2 atom stereocenters. The van der Waals surface area contributed by atoms with E-state index in [4.69, 9.17) is 4.74 Å². The highest BCUT2D eigenvalue weighted by molar-refractivity contribution is 7.87. The Bertz CT molecular complexity index is 696. The van der Waals surface area contributed by atoms with Gasteiger partial charge in [-0.3, -0.25) is 4.79 Å². The van der Waals surface area contributed by atoms with E-state index in [1.165, 1.54) is 13.2 Å². The highest BCUT2D eigenvalue weighted by Gasteiger charge is 2.44. The Morgan fingerprint density at radius 3 is 2.65 bits per heavy atom. The molecule has 0 spiro atoms. The van der Waals surface area contributed by atoms with Gasteiger partial charge in [-0.2, -0.15) is 12.7 Å². The van der Waals surface area contributed by atoms with Gasteiger partial charge < -0.3 is 4.74 Å². The fourth-order valence-electron chi connectivity index (χ4n) is 2.75. The molecule has 1 aromatic rings. The van der Waals surface area contributed by atoms with Crippen molar-refractivity contribution >= 4 is 16.2 Å². The maximum absolute atomic E-state index is 14.0. The first kappa shape index (κ1) is 17.8. The van der Waals surface area contributed by atoms with Crippen molar-refractivity contribution in [2.24, 2.45) is 5.92 Å². The van der Waals surface area contributed by atoms with Crippen LogP contribution in [-0.2, 0) is 19.7 Å². The second-order valence-electron chi connectivity index (χ2n) is 5.22. The topological polar surface area (TPSA) is 75.7 Å². The van der Waals surface area contributed by atoms with Gasteiger partial charge in [-0.25, -0.2) is 13.5 Å². The average molecular weight is 348 g/mol. The molecule has 9 heteroatoms. The van der Waals surface area contributed by atoms with E-state index in [0.717, 1.165) is 10.4 Å². The molecule has 1 aliphatic rings. The summed E-state index contributed by atoms with van der Waals surface area (Å²) in [4.78, 5) is 11.9. The van der Waals surface area contributed by atoms with Crippen LogP contribution in [0.3, 0.4) is 0 Å². The van der Waals surface area contributed by atoms with Crippen LogP contribution in [0.25, 0.3) is 0 Å². The SMILES string of the molecule is CCNS(=O)(=O)N1C[C@H](C(=O)OC)[C@@H](c2ccc(F)cc2F)C1. The summed E-state index contributed by atoms with van der Waals surface area (Å²) in [6.45, 7) is 1.61. The number of carbonyl (C=O) groups is 1. The predicted octanol–water partition coefficient (Wildman–Crippen LogP) is 1.01. The van der Waals surface area contributed by atoms with Crippen molar-refractivity contribution in [3.63, 3.8) is 0 Å². The van der Waals surface area contributed by atoms with Gasteiger partial charge in [-0.15, -0.1) is 0 Å². The van der Waals surface area contributed by atoms with Crippen LogP contribution in [0, 0.1) is 17.6 Å². The summed E-state index contributed by atoms with van der Waals surface area (Å²) in [6, 6.07) is 3.02. The lowest BCUT2D eigenvalue weighted by Crippen LogP contribution is -2.39. The number of hydrogen-bond acceptors (Lipinski definition) is 4. The number of nitrogens with zero attached hydrogens (tertiary/aromatic N) is 1. The molecule has 1 aromatic carbocycles. The minimum absolute atomic E-state index is 0.0857. The Labute approximate surface area is 133 Å². The highest BCUT2D eigenvalue weighted by Crippen LogP contribution is 2.36. The Hall–Kier alpha value is -1.58. The zero-order chi connectivity index (χ0) is 17.2. The molecule has 6 nitrogen and oxygen atoms in total. The molecule has 0 aromatic heterocycles. The van der Waals surface area contributed by atoms with E-state index in [0.29, 0.717) is 6.07 Å². The van der Waals surface area contributed by atoms with Crippen LogP contribution < -0.4 is 4.72 Å². The molecule has 23 heavy (non-hydrogen) atoms. The fraction of sp³-hybridized carbons (Fsp3) is 0.500. The number of methoxy groups -OCH3 is 1. The minimum atomic E-state index is -3.77. The lowest BCUT2D eigenvalue weighted by molar-refractivity contribution is -0.145. The van der Waals surface area contributed by atoms with E-state index in [-0.39, 0.29) is 25.2 Å². The summed E-state index contributed by atoms with van der Waals surface area (Å²) < 4.78 is 59.4. The van der Waals surface area contributed by atoms with Gasteiger partial charge in [-0.05, 0) is 11.6 Å². The van der Waals surface area contributed by atoms with Crippen LogP contribution in [0.4, 0.5) is 8.78 Å². The first-order valence-electron chi connectivity index (χ1n) is 7.07. The normalized spacial score (nSPS) is 22.3. The molecule has 1 aliphatic heterocycles. The number of benzene rings is 1. The molecular weight excluding hydrogens is 330 g/mol. The van der Waals surface area contributed by atoms with E-state index in [2.05, 4.69) is 4.72 Å². The van der Waals surface area contributed by atoms with E-state index < -0.39 is 39.6 Å². The van der Waals surface area contributed by atoms with Crippen molar-refractivity contribution in [2.75, 3.05) is 26.7 Å². The van der Waals surface area contributed by atoms with Gasteiger partial charge in [0.2, 0.25) is 0 Å². The Morgan fingerprint density at radius 1 is 1.39 bits per heavy atom. The molecule has 128 valence electrons. The fourth-order valence-corrected chi connectivity index (χ4v) is 4.01. The molecule has 0 saturated carbocycles. The maximum Gasteiger partial charge on any atom is 0.310 e. The summed E-state index contributed by atoms with van der Waals surface area (Å²) in [5.41, 5.74) is 0.0935. The van der Waals surface area contributed by atoms with Gasteiger partial charge in [0.15, 0.2) is 0 Å². The number of nitrogens with one attached hydrogen (secondary N) is 1. The van der Waals surface area contributed by atoms with Gasteiger partial charge in [0.25, 0.3) is 10.2 Å². The predicted molar refractivity (Wildman–Crippen MR) is 78.8 cm³/mol. The van der Waals surface area contributed by atoms with Gasteiger partial charge in [0.1, 0.15) is 11.6 Å². The van der Waals surface area contributed by atoms with Crippen molar-refractivity contribution < 1.29 is 26.7 Å². The average Bonchev–Trinajstić information content (AvgIpc) is 2.92. The lowest BCUT2D eigenvalue weighted by Gasteiger charge is -2.17. The van der Waals surface area contributed by atoms with E-state index in [9.17, 15) is 22.0 Å². The molecule has 1 saturated heterocycles. The quantitative estimate of drug-likeness (QED) is 0.806. The van der Waals surface area contributed by atoms with E-state index >= 15 is 0 Å². The number of esters is 1. The third-order valence-electron chi connectivity index (χ3n) is 3.82. The molecule has 0 bridgehead atoms. The minimum Gasteiger partial charge on any atom is -0.469 e. The molecule has 2 rings (SSSR count). The van der Waals surface area contributed by atoms with E-state index in [1.54, 1.807) is 6.92 Å². The third-order valence-corrected chi connectivity index (χ3v) is 5.45. The Morgan fingerprint density at radius 2 is 2.09 bits per heavy atom. The summed E-state index contributed by atoms with van der Waals surface area (Å²) >= 11 is 0. The zero-order valence-electron chi connectivity index (χ0n) is 12.8. The maximum atomic E-state index is 14.0. The van der Waals surface area contributed by atoms with Gasteiger partial charge in [-0.1, -0.05) is 13.0 Å². The molecule has 1 N–H and O–H groups in total. The first-order valence-corrected chi connectivity index (χ1v) is 8.51. The van der Waals surface area contributed by atoms with Gasteiger partial charge in [0, 0.05) is 31.6 Å². The van der Waals surface area contributed by atoms with Crippen molar-refractivity contribution in [3.05, 3.63) is 35.4 Å². The highest BCUT2D eigenvalue weighted by atomic mass is 32.2. The number of rotatable bonds is 5. The van der Waals surface area contributed by atoms with E-state index in [1.807, 2.05) is 0 Å². The Balaban J connectivity index is 2.37. The third kappa shape index (κ3) is 3.67. The Kier molecular flexibility index (Phi) is 5.33. The summed E-state index contributed by atoms with van der Waals surface area (Å²) in [6.07, 6.45) is 0. The zero-order valence-corrected chi connectivity index (χ0v) is 13.6. The number of hydrogen-bond donors (Lipinski definition) is 1. The largest absolute Gasteiger partial charge is 0.469 e. The molecule has 0 amide bonds. The van der Waals surface area contributed by atoms with Crippen molar-refractivity contribution in [2.45, 2.75) is 12.8 Å². The molecule has 1 fully saturated rings. The van der Waals surface area contributed by atoms with Gasteiger partial charge in [0.05, 0.1) is 13.0 Å². The molecular formula is C14H18F2N2O4S. The number of ether oxygens (including phenoxy) is 1. The lowest BCUT2D eigenvalue weighted by atomic mass is 9.88. The van der Waals surface area contributed by atoms with Crippen LogP contribution in [0.1, 0.15) is 18.4 Å². The monoisotopic (exact) mass is 348 g/mol. The smallest absolute Gasteiger partial charge is 0.310 e. The van der Waals surface area contributed by atoms with Crippen LogP contribution in [-0.4, -0.2) is 45.4 Å². The van der Waals surface area contributed by atoms with Crippen LogP contribution in [0.2, 0.25) is 0 Å². The van der Waals surface area contributed by atoms with Crippen molar-refractivity contribution in [1.82, 2.24) is 9.03 Å². The molecule has 1 heterocycles. The van der Waals surface area contributed by atoms with Crippen molar-refractivity contribution in [3.8, 4) is 0 Å². The standard InChI is InChI=1S/C14H18F2N2O4S/c1-3-17-23(20,21)18-7-11(12(8-18)14(19)22-2)10-5-4-9(15)6-13(10)16/h4-6,11-12,17H,3,7-8H2,1-2H3/t11-,12+/m1/s1. The second-order valence-corrected chi connectivity index (χ2v) is 6.98. The second kappa shape index (κ2) is 6.90. The van der Waals surface area contributed by atoms with Gasteiger partial charge >= 0.3 is 5.97 Å². The van der Waals surface area contributed by atoms with Crippen LogP contribution >= 0.6 is 0 Å². The molecule has 0 radical (unpaired) electrons. The van der Waals surface area contributed by atoms with Crippen molar-refractivity contribution in [1.29, 1.82) is 0 Å².